The van der Waals surface area contributed by atoms with E-state index >= 15 is 0 Å². The van der Waals surface area contributed by atoms with Crippen molar-refractivity contribution >= 4 is 10.0 Å². The van der Waals surface area contributed by atoms with E-state index in [-0.39, 0.29) is 17.0 Å². The van der Waals surface area contributed by atoms with E-state index in [0.29, 0.717) is 37.5 Å². The molecule has 2 rings (SSSR count). The Bertz CT molecular complexity index is 597. The lowest BCUT2D eigenvalue weighted by Gasteiger charge is -2.16. The third-order valence-electron chi connectivity index (χ3n) is 3.84. The number of ether oxygens (including phenoxy) is 1. The molecule has 2 atom stereocenters. The van der Waals surface area contributed by atoms with Crippen molar-refractivity contribution in [2.45, 2.75) is 57.2 Å². The molecule has 7 nitrogen and oxygen atoms in total. The molecule has 2 heterocycles. The highest BCUT2D eigenvalue weighted by atomic mass is 32.2. The molecule has 3 N–H and O–H groups in total. The zero-order valence-electron chi connectivity index (χ0n) is 12.8. The van der Waals surface area contributed by atoms with Gasteiger partial charge in [0.1, 0.15) is 4.90 Å². The van der Waals surface area contributed by atoms with Crippen molar-refractivity contribution in [1.82, 2.24) is 14.5 Å². The van der Waals surface area contributed by atoms with E-state index in [4.69, 9.17) is 10.5 Å². The molecule has 0 radical (unpaired) electrons. The van der Waals surface area contributed by atoms with E-state index in [9.17, 15) is 8.42 Å². The predicted molar refractivity (Wildman–Crippen MR) is 79.5 cm³/mol. The van der Waals surface area contributed by atoms with Crippen LogP contribution in [0.15, 0.2) is 4.90 Å². The van der Waals surface area contributed by atoms with Gasteiger partial charge in [0.25, 0.3) is 0 Å². The third kappa shape index (κ3) is 3.45. The summed E-state index contributed by atoms with van der Waals surface area (Å²) >= 11 is 0. The average molecular weight is 316 g/mol. The van der Waals surface area contributed by atoms with Crippen molar-refractivity contribution in [3.8, 4) is 0 Å². The summed E-state index contributed by atoms with van der Waals surface area (Å²) in [5, 5.41) is 4.32. The molecular weight excluding hydrogens is 292 g/mol. The largest absolute Gasteiger partial charge is 0.377 e. The summed E-state index contributed by atoms with van der Waals surface area (Å²) in [7, 11) is -3.59. The van der Waals surface area contributed by atoms with Gasteiger partial charge in [-0.2, -0.15) is 5.10 Å². The highest BCUT2D eigenvalue weighted by Crippen LogP contribution is 2.22. The van der Waals surface area contributed by atoms with Gasteiger partial charge in [0.2, 0.25) is 10.0 Å². The molecule has 0 aromatic carbocycles. The van der Waals surface area contributed by atoms with Crippen molar-refractivity contribution in [2.24, 2.45) is 5.73 Å². The third-order valence-corrected chi connectivity index (χ3v) is 5.58. The highest BCUT2D eigenvalue weighted by Gasteiger charge is 2.32. The van der Waals surface area contributed by atoms with Crippen LogP contribution >= 0.6 is 0 Å². The molecule has 1 fully saturated rings. The van der Waals surface area contributed by atoms with E-state index in [0.717, 1.165) is 6.42 Å². The summed E-state index contributed by atoms with van der Waals surface area (Å²) in [5.41, 5.74) is 6.67. The Morgan fingerprint density at radius 1 is 1.48 bits per heavy atom. The van der Waals surface area contributed by atoms with Crippen LogP contribution in [0.2, 0.25) is 0 Å². The number of sulfonamides is 1. The van der Waals surface area contributed by atoms with Crippen LogP contribution in [0.4, 0.5) is 0 Å². The van der Waals surface area contributed by atoms with E-state index in [1.807, 2.05) is 6.92 Å². The Balaban J connectivity index is 2.25. The van der Waals surface area contributed by atoms with Gasteiger partial charge in [-0.15, -0.1) is 0 Å². The second-order valence-corrected chi connectivity index (χ2v) is 7.11. The Kier molecular flexibility index (Phi) is 5.03. The van der Waals surface area contributed by atoms with Crippen LogP contribution in [0.5, 0.6) is 0 Å². The fourth-order valence-electron chi connectivity index (χ4n) is 2.67. The van der Waals surface area contributed by atoms with Gasteiger partial charge in [-0.1, -0.05) is 0 Å². The Hall–Kier alpha value is -0.960. The molecule has 0 bridgehead atoms. The molecular formula is C13H24N4O3S. The number of nitrogens with two attached hydrogens (primary N) is 1. The Morgan fingerprint density at radius 3 is 2.76 bits per heavy atom. The van der Waals surface area contributed by atoms with Crippen molar-refractivity contribution in [3.63, 3.8) is 0 Å². The van der Waals surface area contributed by atoms with Crippen LogP contribution in [0, 0.1) is 13.8 Å². The number of hydrogen-bond acceptors (Lipinski definition) is 5. The van der Waals surface area contributed by atoms with E-state index < -0.39 is 10.0 Å². The maximum absolute atomic E-state index is 12.6. The summed E-state index contributed by atoms with van der Waals surface area (Å²) in [4.78, 5) is 0.277. The van der Waals surface area contributed by atoms with Crippen LogP contribution < -0.4 is 10.5 Å². The van der Waals surface area contributed by atoms with Crippen LogP contribution in [0.3, 0.4) is 0 Å². The van der Waals surface area contributed by atoms with E-state index in [1.54, 1.807) is 18.5 Å². The van der Waals surface area contributed by atoms with Crippen LogP contribution in [0.1, 0.15) is 31.2 Å². The molecule has 21 heavy (non-hydrogen) atoms. The van der Waals surface area contributed by atoms with Gasteiger partial charge < -0.3 is 10.5 Å². The molecule has 8 heteroatoms. The molecule has 1 aromatic rings. The summed E-state index contributed by atoms with van der Waals surface area (Å²) in [6.45, 7) is 7.14. The number of aromatic nitrogens is 2. The zero-order valence-corrected chi connectivity index (χ0v) is 13.6. The molecule has 0 saturated carbocycles. The molecule has 0 aliphatic carbocycles. The molecule has 0 spiro atoms. The predicted octanol–water partition coefficient (Wildman–Crippen LogP) is 0.304. The second-order valence-electron chi connectivity index (χ2n) is 5.46. The minimum absolute atomic E-state index is 0.104. The van der Waals surface area contributed by atoms with Crippen molar-refractivity contribution in [3.05, 3.63) is 11.4 Å². The van der Waals surface area contributed by atoms with Gasteiger partial charge in [0.15, 0.2) is 0 Å². The molecule has 120 valence electrons. The first-order chi connectivity index (χ1) is 9.86. The van der Waals surface area contributed by atoms with Crippen molar-refractivity contribution < 1.29 is 13.2 Å². The van der Waals surface area contributed by atoms with Gasteiger partial charge in [-0.3, -0.25) is 4.68 Å². The Labute approximate surface area is 125 Å². The molecule has 1 aliphatic heterocycles. The summed E-state index contributed by atoms with van der Waals surface area (Å²) in [6.07, 6.45) is 1.36. The number of hydrogen-bond donors (Lipinski definition) is 2. The molecule has 1 aromatic heterocycles. The summed E-state index contributed by atoms with van der Waals surface area (Å²) in [6, 6.07) is -0.179. The maximum atomic E-state index is 12.6. The van der Waals surface area contributed by atoms with Gasteiger partial charge in [-0.05, 0) is 40.2 Å². The summed E-state index contributed by atoms with van der Waals surface area (Å²) in [5.74, 6) is 0. The average Bonchev–Trinajstić information content (AvgIpc) is 2.91. The second kappa shape index (κ2) is 6.43. The number of nitrogens with one attached hydrogen (secondary N) is 1. The number of aryl methyl sites for hydroxylation is 2. The standard InChI is InChI=1S/C13H24N4O3S/c1-9-13(10(2)17(15-9)7-4-6-14)21(18,19)16-12-5-8-20-11(12)3/h11-12,16H,4-8,14H2,1-3H3. The van der Waals surface area contributed by atoms with Gasteiger partial charge in [0, 0.05) is 13.2 Å². The zero-order chi connectivity index (χ0) is 15.6. The quantitative estimate of drug-likeness (QED) is 0.786. The van der Waals surface area contributed by atoms with Gasteiger partial charge in [-0.25, -0.2) is 13.1 Å². The SMILES string of the molecule is Cc1nn(CCCN)c(C)c1S(=O)(=O)NC1CCOC1C. The number of nitrogens with zero attached hydrogens (tertiary/aromatic N) is 2. The smallest absolute Gasteiger partial charge is 0.244 e. The first-order valence-electron chi connectivity index (χ1n) is 7.25. The lowest BCUT2D eigenvalue weighted by molar-refractivity contribution is 0.117. The minimum Gasteiger partial charge on any atom is -0.377 e. The lowest BCUT2D eigenvalue weighted by atomic mass is 10.2. The van der Waals surface area contributed by atoms with Gasteiger partial charge in [0.05, 0.1) is 23.5 Å². The minimum atomic E-state index is -3.59. The number of rotatable bonds is 6. The lowest BCUT2D eigenvalue weighted by Crippen LogP contribution is -2.39. The van der Waals surface area contributed by atoms with E-state index in [2.05, 4.69) is 9.82 Å². The van der Waals surface area contributed by atoms with Crippen LogP contribution in [-0.2, 0) is 21.3 Å². The monoisotopic (exact) mass is 316 g/mol. The van der Waals surface area contributed by atoms with Crippen LogP contribution in [0.25, 0.3) is 0 Å². The highest BCUT2D eigenvalue weighted by molar-refractivity contribution is 7.89. The summed E-state index contributed by atoms with van der Waals surface area (Å²) < 4.78 is 35.1. The fraction of sp³-hybridized carbons (Fsp3) is 0.769. The first-order valence-corrected chi connectivity index (χ1v) is 8.73. The van der Waals surface area contributed by atoms with Crippen LogP contribution in [-0.4, -0.2) is 43.5 Å². The van der Waals surface area contributed by atoms with Crippen molar-refractivity contribution in [2.75, 3.05) is 13.2 Å². The van der Waals surface area contributed by atoms with Crippen molar-refractivity contribution in [1.29, 1.82) is 0 Å². The molecule has 2 unspecified atom stereocenters. The van der Waals surface area contributed by atoms with E-state index in [1.165, 1.54) is 0 Å². The topological polar surface area (TPSA) is 99.2 Å². The molecule has 1 aliphatic rings. The maximum Gasteiger partial charge on any atom is 0.244 e. The Morgan fingerprint density at radius 2 is 2.19 bits per heavy atom. The fourth-order valence-corrected chi connectivity index (χ4v) is 4.42. The molecule has 0 amide bonds. The first kappa shape index (κ1) is 16.4. The normalized spacial score (nSPS) is 22.9. The van der Waals surface area contributed by atoms with Gasteiger partial charge >= 0.3 is 0 Å². The molecule has 1 saturated heterocycles.